The van der Waals surface area contributed by atoms with Gasteiger partial charge < -0.3 is 10.6 Å². The van der Waals surface area contributed by atoms with Gasteiger partial charge in [0.15, 0.2) is 0 Å². The van der Waals surface area contributed by atoms with Crippen LogP contribution in [0, 0.1) is 6.92 Å². The van der Waals surface area contributed by atoms with Gasteiger partial charge in [0.2, 0.25) is 5.91 Å². The Morgan fingerprint density at radius 2 is 2.07 bits per heavy atom. The molecule has 0 aliphatic carbocycles. The lowest BCUT2D eigenvalue weighted by Gasteiger charge is -2.14. The maximum absolute atomic E-state index is 12.7. The monoisotopic (exact) mass is 394 g/mol. The van der Waals surface area contributed by atoms with Crippen molar-refractivity contribution in [1.82, 2.24) is 15.1 Å². The highest BCUT2D eigenvalue weighted by Crippen LogP contribution is 2.28. The number of nitrogens with one attached hydrogen (secondary N) is 2. The summed E-state index contributed by atoms with van der Waals surface area (Å²) in [5, 5.41) is 10.8. The molecule has 2 heterocycles. The van der Waals surface area contributed by atoms with E-state index in [-0.39, 0.29) is 24.3 Å². The number of aromatic nitrogens is 2. The molecule has 0 radical (unpaired) electrons. The molecule has 6 nitrogen and oxygen atoms in total. The molecule has 2 N–H and O–H groups in total. The van der Waals surface area contributed by atoms with Crippen LogP contribution in [0.4, 0.5) is 5.82 Å². The van der Waals surface area contributed by atoms with Gasteiger partial charge in [0.25, 0.3) is 5.91 Å². The van der Waals surface area contributed by atoms with Crippen molar-refractivity contribution in [2.45, 2.75) is 25.9 Å². The van der Waals surface area contributed by atoms with Gasteiger partial charge in [-0.2, -0.15) is 5.10 Å². The van der Waals surface area contributed by atoms with Gasteiger partial charge in [-0.25, -0.2) is 4.68 Å². The number of anilines is 1. The Bertz CT molecular complexity index is 1060. The van der Waals surface area contributed by atoms with E-state index in [0.29, 0.717) is 22.9 Å². The molecular formula is C21H19ClN4O2. The Balaban J connectivity index is 1.48. The fourth-order valence-electron chi connectivity index (χ4n) is 3.42. The molecule has 4 rings (SSSR count). The molecule has 0 fully saturated rings. The maximum atomic E-state index is 12.7. The maximum Gasteiger partial charge on any atom is 0.252 e. The van der Waals surface area contributed by atoms with E-state index in [1.165, 1.54) is 0 Å². The van der Waals surface area contributed by atoms with Gasteiger partial charge in [-0.05, 0) is 36.2 Å². The van der Waals surface area contributed by atoms with Crippen LogP contribution in [0.15, 0.2) is 54.7 Å². The summed E-state index contributed by atoms with van der Waals surface area (Å²) in [6.45, 7) is 2.39. The van der Waals surface area contributed by atoms with Crippen molar-refractivity contribution in [2.75, 3.05) is 5.32 Å². The first kappa shape index (κ1) is 18.3. The minimum atomic E-state index is -0.326. The van der Waals surface area contributed by atoms with E-state index in [1.54, 1.807) is 16.9 Å². The van der Waals surface area contributed by atoms with Crippen molar-refractivity contribution < 1.29 is 9.59 Å². The van der Waals surface area contributed by atoms with Crippen LogP contribution in [0.3, 0.4) is 0 Å². The average molecular weight is 395 g/mol. The summed E-state index contributed by atoms with van der Waals surface area (Å²) in [6, 6.07) is 14.5. The number of hydrogen-bond donors (Lipinski definition) is 2. The van der Waals surface area contributed by atoms with Gasteiger partial charge in [-0.1, -0.05) is 41.9 Å². The third-order valence-corrected chi connectivity index (χ3v) is 5.01. The van der Waals surface area contributed by atoms with Crippen LogP contribution in [-0.2, 0) is 11.3 Å². The van der Waals surface area contributed by atoms with Crippen LogP contribution in [0.2, 0.25) is 5.02 Å². The number of fused-ring (bicyclic) bond motifs is 1. The molecule has 7 heteroatoms. The van der Waals surface area contributed by atoms with Crippen LogP contribution < -0.4 is 10.6 Å². The lowest BCUT2D eigenvalue weighted by Crippen LogP contribution is -2.25. The smallest absolute Gasteiger partial charge is 0.252 e. The van der Waals surface area contributed by atoms with E-state index >= 15 is 0 Å². The number of amides is 2. The molecule has 0 bridgehead atoms. The lowest BCUT2D eigenvalue weighted by molar-refractivity contribution is -0.116. The molecule has 1 unspecified atom stereocenters. The van der Waals surface area contributed by atoms with Gasteiger partial charge >= 0.3 is 0 Å². The van der Waals surface area contributed by atoms with E-state index in [9.17, 15) is 9.59 Å². The number of carbonyl (C=O) groups excluding carboxylic acids is 2. The second kappa shape index (κ2) is 7.48. The molecule has 1 aliphatic rings. The average Bonchev–Trinajstić information content (AvgIpc) is 3.16. The van der Waals surface area contributed by atoms with E-state index < -0.39 is 0 Å². The number of hydrogen-bond acceptors (Lipinski definition) is 3. The van der Waals surface area contributed by atoms with Crippen molar-refractivity contribution in [3.8, 4) is 0 Å². The van der Waals surface area contributed by atoms with E-state index in [2.05, 4.69) is 15.7 Å². The summed E-state index contributed by atoms with van der Waals surface area (Å²) in [5.74, 6) is 0.316. The van der Waals surface area contributed by atoms with E-state index in [4.69, 9.17) is 11.6 Å². The molecule has 0 saturated carbocycles. The number of carbonyl (C=O) groups is 2. The molecule has 2 aromatic carbocycles. The highest BCUT2D eigenvalue weighted by molar-refractivity contribution is 6.30. The zero-order valence-corrected chi connectivity index (χ0v) is 16.0. The molecule has 142 valence electrons. The first-order valence-electron chi connectivity index (χ1n) is 8.98. The van der Waals surface area contributed by atoms with Crippen molar-refractivity contribution in [1.29, 1.82) is 0 Å². The summed E-state index contributed by atoms with van der Waals surface area (Å²) in [7, 11) is 0. The first-order valence-corrected chi connectivity index (χ1v) is 9.35. The van der Waals surface area contributed by atoms with Gasteiger partial charge in [-0.3, -0.25) is 9.59 Å². The fourth-order valence-corrected chi connectivity index (χ4v) is 3.63. The second-order valence-electron chi connectivity index (χ2n) is 6.83. The number of nitrogens with zero attached hydrogens (tertiary/aromatic N) is 2. The molecule has 3 aromatic rings. The molecule has 1 atom stereocenters. The van der Waals surface area contributed by atoms with Gasteiger partial charge in [0.05, 0.1) is 25.2 Å². The predicted molar refractivity (Wildman–Crippen MR) is 107 cm³/mol. The van der Waals surface area contributed by atoms with Crippen molar-refractivity contribution in [2.24, 2.45) is 0 Å². The van der Waals surface area contributed by atoms with E-state index in [0.717, 1.165) is 16.7 Å². The summed E-state index contributed by atoms with van der Waals surface area (Å²) in [4.78, 5) is 24.7. The third-order valence-electron chi connectivity index (χ3n) is 4.78. The van der Waals surface area contributed by atoms with Crippen LogP contribution in [0.5, 0.6) is 0 Å². The van der Waals surface area contributed by atoms with Crippen molar-refractivity contribution in [3.63, 3.8) is 0 Å². The highest BCUT2D eigenvalue weighted by Gasteiger charge is 2.29. The number of rotatable bonds is 5. The minimum absolute atomic E-state index is 0.143. The Morgan fingerprint density at radius 3 is 2.89 bits per heavy atom. The SMILES string of the molecule is Cc1cnn(Cc2cccc(Cl)c2)c1NC(=O)CC1NC(=O)c2ccccc21. The largest absolute Gasteiger partial charge is 0.345 e. The Kier molecular flexibility index (Phi) is 4.88. The Hall–Kier alpha value is -3.12. The molecule has 0 spiro atoms. The summed E-state index contributed by atoms with van der Waals surface area (Å²) in [5.41, 5.74) is 3.34. The number of benzene rings is 2. The molecular weight excluding hydrogens is 376 g/mol. The molecule has 2 amide bonds. The topological polar surface area (TPSA) is 76.0 Å². The zero-order valence-electron chi connectivity index (χ0n) is 15.3. The minimum Gasteiger partial charge on any atom is -0.345 e. The van der Waals surface area contributed by atoms with Gasteiger partial charge in [-0.15, -0.1) is 0 Å². The van der Waals surface area contributed by atoms with Crippen LogP contribution in [0.25, 0.3) is 0 Å². The number of aryl methyl sites for hydroxylation is 1. The standard InChI is InChI=1S/C21H19ClN4O2/c1-13-11-23-26(12-14-5-4-6-15(22)9-14)20(13)25-19(27)10-18-16-7-2-3-8-17(16)21(28)24-18/h2-9,11,18H,10,12H2,1H3,(H,24,28)(H,25,27). The molecule has 0 saturated heterocycles. The molecule has 1 aromatic heterocycles. The van der Waals surface area contributed by atoms with Gasteiger partial charge in [0, 0.05) is 16.1 Å². The first-order chi connectivity index (χ1) is 13.5. The summed E-state index contributed by atoms with van der Waals surface area (Å²) in [6.07, 6.45) is 1.87. The van der Waals surface area contributed by atoms with Crippen LogP contribution in [-0.4, -0.2) is 21.6 Å². The fraction of sp³-hybridized carbons (Fsp3) is 0.190. The summed E-state index contributed by atoms with van der Waals surface area (Å²) >= 11 is 6.05. The van der Waals surface area contributed by atoms with Crippen molar-refractivity contribution >= 4 is 29.2 Å². The third kappa shape index (κ3) is 3.64. The Morgan fingerprint density at radius 1 is 1.25 bits per heavy atom. The quantitative estimate of drug-likeness (QED) is 0.692. The molecule has 1 aliphatic heterocycles. The number of halogens is 1. The lowest BCUT2D eigenvalue weighted by atomic mass is 10.0. The molecule has 28 heavy (non-hydrogen) atoms. The zero-order chi connectivity index (χ0) is 19.7. The second-order valence-corrected chi connectivity index (χ2v) is 7.27. The van der Waals surface area contributed by atoms with Crippen LogP contribution >= 0.6 is 11.6 Å². The summed E-state index contributed by atoms with van der Waals surface area (Å²) < 4.78 is 1.74. The van der Waals surface area contributed by atoms with Gasteiger partial charge in [0.1, 0.15) is 5.82 Å². The highest BCUT2D eigenvalue weighted by atomic mass is 35.5. The van der Waals surface area contributed by atoms with Crippen LogP contribution in [0.1, 0.15) is 39.5 Å². The predicted octanol–water partition coefficient (Wildman–Crippen LogP) is 3.71. The Labute approximate surface area is 167 Å². The normalized spacial score (nSPS) is 15.2. The van der Waals surface area contributed by atoms with E-state index in [1.807, 2.05) is 49.4 Å². The van der Waals surface area contributed by atoms with Crippen molar-refractivity contribution in [3.05, 3.63) is 82.0 Å².